The van der Waals surface area contributed by atoms with E-state index in [4.69, 9.17) is 32.7 Å². The second-order valence-electron chi connectivity index (χ2n) is 6.98. The maximum Gasteiger partial charge on any atom is 0.335 e. The molecule has 0 saturated heterocycles. The fourth-order valence-corrected chi connectivity index (χ4v) is 3.52. The normalized spacial score (nSPS) is 10.9. The van der Waals surface area contributed by atoms with Crippen molar-refractivity contribution in [2.75, 3.05) is 0 Å². The second-order valence-corrected chi connectivity index (χ2v) is 7.83. The zero-order valence-corrected chi connectivity index (χ0v) is 18.0. The third kappa shape index (κ3) is 4.93. The van der Waals surface area contributed by atoms with E-state index in [9.17, 15) is 9.90 Å². The van der Waals surface area contributed by atoms with Gasteiger partial charge in [0.15, 0.2) is 11.5 Å². The molecule has 158 valence electrons. The van der Waals surface area contributed by atoms with Crippen LogP contribution in [0.1, 0.15) is 27.3 Å². The van der Waals surface area contributed by atoms with Gasteiger partial charge in [-0.15, -0.1) is 0 Å². The molecule has 4 rings (SSSR count). The summed E-state index contributed by atoms with van der Waals surface area (Å²) in [4.78, 5) is 19.1. The van der Waals surface area contributed by atoms with Gasteiger partial charge in [-0.1, -0.05) is 35.3 Å². The first-order valence-electron chi connectivity index (χ1n) is 9.41. The molecule has 0 saturated carbocycles. The molecule has 0 aliphatic carbocycles. The molecule has 0 fully saturated rings. The third-order valence-corrected chi connectivity index (χ3v) is 5.23. The van der Waals surface area contributed by atoms with Crippen LogP contribution in [-0.4, -0.2) is 21.0 Å². The topological polar surface area (TPSA) is 84.4 Å². The molecule has 2 N–H and O–H groups in total. The predicted octanol–water partition coefficient (Wildman–Crippen LogP) is 6.03. The first kappa shape index (κ1) is 21.0. The summed E-state index contributed by atoms with van der Waals surface area (Å²) in [5.41, 5.74) is 3.70. The highest BCUT2D eigenvalue weighted by molar-refractivity contribution is 6.35. The molecule has 31 heavy (non-hydrogen) atoms. The van der Waals surface area contributed by atoms with E-state index in [-0.39, 0.29) is 24.5 Å². The van der Waals surface area contributed by atoms with Crippen molar-refractivity contribution in [1.29, 1.82) is 0 Å². The van der Waals surface area contributed by atoms with Gasteiger partial charge >= 0.3 is 5.97 Å². The van der Waals surface area contributed by atoms with Crippen LogP contribution >= 0.6 is 23.2 Å². The van der Waals surface area contributed by atoms with Gasteiger partial charge in [0.2, 0.25) is 0 Å². The zero-order valence-electron chi connectivity index (χ0n) is 16.5. The van der Waals surface area contributed by atoms with Crippen molar-refractivity contribution >= 4 is 40.2 Å². The standard InChI is InChI=1S/C23H18Cl2N2O4/c1-13-2-6-18-19(8-13)27-22(26-18)12-31-20-7-4-14(23(28)29)9-21(20)30-11-15-3-5-16(24)10-17(15)25/h2-10H,11-12H2,1H3,(H,26,27)(H,28,29). The lowest BCUT2D eigenvalue weighted by Crippen LogP contribution is -2.04. The van der Waals surface area contributed by atoms with E-state index >= 15 is 0 Å². The number of hydrogen-bond acceptors (Lipinski definition) is 4. The van der Waals surface area contributed by atoms with Crippen molar-refractivity contribution < 1.29 is 19.4 Å². The molecule has 0 radical (unpaired) electrons. The number of carboxylic acids is 1. The summed E-state index contributed by atoms with van der Waals surface area (Å²) in [7, 11) is 0. The minimum Gasteiger partial charge on any atom is -0.485 e. The van der Waals surface area contributed by atoms with Crippen LogP contribution in [0, 0.1) is 6.92 Å². The van der Waals surface area contributed by atoms with E-state index in [1.165, 1.54) is 12.1 Å². The van der Waals surface area contributed by atoms with E-state index in [1.54, 1.807) is 24.3 Å². The maximum atomic E-state index is 11.4. The van der Waals surface area contributed by atoms with Crippen molar-refractivity contribution in [3.63, 3.8) is 0 Å². The monoisotopic (exact) mass is 456 g/mol. The highest BCUT2D eigenvalue weighted by Gasteiger charge is 2.13. The van der Waals surface area contributed by atoms with Gasteiger partial charge in [0.25, 0.3) is 0 Å². The largest absolute Gasteiger partial charge is 0.485 e. The van der Waals surface area contributed by atoms with Gasteiger partial charge in [0.05, 0.1) is 16.6 Å². The zero-order chi connectivity index (χ0) is 22.0. The van der Waals surface area contributed by atoms with Gasteiger partial charge in [0, 0.05) is 15.6 Å². The molecule has 0 amide bonds. The maximum absolute atomic E-state index is 11.4. The number of carbonyl (C=O) groups is 1. The predicted molar refractivity (Wildman–Crippen MR) is 119 cm³/mol. The van der Waals surface area contributed by atoms with Gasteiger partial charge in [-0.05, 0) is 55.0 Å². The molecule has 8 heteroatoms. The lowest BCUT2D eigenvalue weighted by atomic mass is 10.2. The fourth-order valence-electron chi connectivity index (χ4n) is 3.06. The molecular formula is C23H18Cl2N2O4. The number of hydrogen-bond donors (Lipinski definition) is 2. The van der Waals surface area contributed by atoms with Gasteiger partial charge in [0.1, 0.15) is 19.0 Å². The molecule has 0 atom stereocenters. The lowest BCUT2D eigenvalue weighted by molar-refractivity contribution is 0.0696. The molecule has 0 aliphatic heterocycles. The van der Waals surface area contributed by atoms with Crippen LogP contribution in [0.15, 0.2) is 54.6 Å². The Morgan fingerprint density at radius 1 is 1.00 bits per heavy atom. The number of rotatable bonds is 7. The summed E-state index contributed by atoms with van der Waals surface area (Å²) in [6.07, 6.45) is 0. The first-order valence-corrected chi connectivity index (χ1v) is 10.2. The minimum absolute atomic E-state index is 0.0868. The molecule has 0 aliphatic rings. The molecule has 0 spiro atoms. The number of benzene rings is 3. The number of carboxylic acid groups (broad SMARTS) is 1. The number of imidazole rings is 1. The minimum atomic E-state index is -1.06. The highest BCUT2D eigenvalue weighted by Crippen LogP contribution is 2.31. The number of aromatic amines is 1. The number of H-pyrrole nitrogens is 1. The third-order valence-electron chi connectivity index (χ3n) is 4.64. The Kier molecular flexibility index (Phi) is 6.02. The number of halogens is 2. The Bertz CT molecular complexity index is 1270. The van der Waals surface area contributed by atoms with Crippen molar-refractivity contribution in [3.8, 4) is 11.5 Å². The Morgan fingerprint density at radius 2 is 1.81 bits per heavy atom. The van der Waals surface area contributed by atoms with E-state index in [0.717, 1.165) is 16.6 Å². The van der Waals surface area contributed by atoms with Crippen LogP contribution in [0.4, 0.5) is 0 Å². The molecule has 3 aromatic carbocycles. The van der Waals surface area contributed by atoms with E-state index < -0.39 is 5.97 Å². The average molecular weight is 457 g/mol. The summed E-state index contributed by atoms with van der Waals surface area (Å²) in [6.45, 7) is 2.30. The van der Waals surface area contributed by atoms with Gasteiger partial charge in [-0.25, -0.2) is 9.78 Å². The summed E-state index contributed by atoms with van der Waals surface area (Å²) < 4.78 is 11.7. The molecule has 6 nitrogen and oxygen atoms in total. The number of aromatic carboxylic acids is 1. The molecule has 4 aromatic rings. The molecule has 1 aromatic heterocycles. The quantitative estimate of drug-likeness (QED) is 0.354. The summed E-state index contributed by atoms with van der Waals surface area (Å²) in [5, 5.41) is 10.3. The second kappa shape index (κ2) is 8.88. The average Bonchev–Trinajstić information content (AvgIpc) is 3.13. The van der Waals surface area contributed by atoms with Crippen molar-refractivity contribution in [3.05, 3.63) is 87.2 Å². The first-order chi connectivity index (χ1) is 14.9. The highest BCUT2D eigenvalue weighted by atomic mass is 35.5. The number of nitrogens with one attached hydrogen (secondary N) is 1. The number of ether oxygens (including phenoxy) is 2. The van der Waals surface area contributed by atoms with E-state index in [1.807, 2.05) is 25.1 Å². The molecule has 0 unspecified atom stereocenters. The number of aryl methyl sites for hydroxylation is 1. The van der Waals surface area contributed by atoms with Crippen LogP contribution in [0.25, 0.3) is 11.0 Å². The number of aromatic nitrogens is 2. The van der Waals surface area contributed by atoms with Crippen LogP contribution in [0.5, 0.6) is 11.5 Å². The van der Waals surface area contributed by atoms with Gasteiger partial charge in [-0.3, -0.25) is 0 Å². The fraction of sp³-hybridized carbons (Fsp3) is 0.130. The van der Waals surface area contributed by atoms with Crippen LogP contribution in [0.2, 0.25) is 10.0 Å². The van der Waals surface area contributed by atoms with Gasteiger partial charge in [-0.2, -0.15) is 0 Å². The summed E-state index contributed by atoms with van der Waals surface area (Å²) in [6, 6.07) is 15.5. The SMILES string of the molecule is Cc1ccc2nc(COc3ccc(C(=O)O)cc3OCc3ccc(Cl)cc3Cl)[nH]c2c1. The van der Waals surface area contributed by atoms with Crippen LogP contribution in [-0.2, 0) is 13.2 Å². The summed E-state index contributed by atoms with van der Waals surface area (Å²) in [5.74, 6) is 0.271. The summed E-state index contributed by atoms with van der Waals surface area (Å²) >= 11 is 12.1. The van der Waals surface area contributed by atoms with E-state index in [2.05, 4.69) is 9.97 Å². The van der Waals surface area contributed by atoms with Crippen LogP contribution < -0.4 is 9.47 Å². The number of fused-ring (bicyclic) bond motifs is 1. The lowest BCUT2D eigenvalue weighted by Gasteiger charge is -2.14. The van der Waals surface area contributed by atoms with Crippen molar-refractivity contribution in [2.45, 2.75) is 20.1 Å². The van der Waals surface area contributed by atoms with Crippen molar-refractivity contribution in [1.82, 2.24) is 9.97 Å². The Balaban J connectivity index is 1.54. The molecular weight excluding hydrogens is 439 g/mol. The Labute approximate surface area is 188 Å². The van der Waals surface area contributed by atoms with Crippen molar-refractivity contribution in [2.24, 2.45) is 0 Å². The Morgan fingerprint density at radius 3 is 2.58 bits per heavy atom. The smallest absolute Gasteiger partial charge is 0.335 e. The molecule has 1 heterocycles. The van der Waals surface area contributed by atoms with Crippen LogP contribution in [0.3, 0.4) is 0 Å². The molecule has 0 bridgehead atoms. The van der Waals surface area contributed by atoms with E-state index in [0.29, 0.717) is 27.2 Å². The van der Waals surface area contributed by atoms with Gasteiger partial charge < -0.3 is 19.6 Å². The Hall–Kier alpha value is -3.22. The number of nitrogens with zero attached hydrogens (tertiary/aromatic N) is 1.